The van der Waals surface area contributed by atoms with Crippen LogP contribution in [0.25, 0.3) is 0 Å². The molecule has 1 heterocycles. The van der Waals surface area contributed by atoms with Crippen molar-refractivity contribution in [1.82, 2.24) is 4.98 Å². The zero-order valence-electron chi connectivity index (χ0n) is 7.73. The minimum Gasteiger partial charge on any atom is -0.403 e. The van der Waals surface area contributed by atoms with Crippen molar-refractivity contribution < 1.29 is 26.7 Å². The Morgan fingerprint density at radius 2 is 2.00 bits per heavy atom. The van der Waals surface area contributed by atoms with Gasteiger partial charge in [0.25, 0.3) is 6.43 Å². The van der Waals surface area contributed by atoms with Gasteiger partial charge in [0.2, 0.25) is 0 Å². The summed E-state index contributed by atoms with van der Waals surface area (Å²) in [6.07, 6.45) is -7.53. The molecule has 0 spiro atoms. The number of hydrogen-bond donors (Lipinski definition) is 0. The summed E-state index contributed by atoms with van der Waals surface area (Å²) in [5, 5.41) is 8.50. The Hall–Kier alpha value is -1.18. The third-order valence-electron chi connectivity index (χ3n) is 1.57. The summed E-state index contributed by atoms with van der Waals surface area (Å²) in [7, 11) is 0. The zero-order valence-corrected chi connectivity index (χ0v) is 9.88. The fraction of sp³-hybridized carbons (Fsp3) is 0.250. The molecule has 0 aliphatic carbocycles. The van der Waals surface area contributed by atoms with Gasteiger partial charge in [-0.15, -0.1) is 13.2 Å². The van der Waals surface area contributed by atoms with Crippen molar-refractivity contribution >= 4 is 22.6 Å². The molecule has 0 saturated carbocycles. The highest BCUT2D eigenvalue weighted by atomic mass is 127. The van der Waals surface area contributed by atoms with Crippen LogP contribution < -0.4 is 4.74 Å². The molecule has 1 rings (SSSR count). The predicted molar refractivity (Wildman–Crippen MR) is 53.3 cm³/mol. The first-order valence-electron chi connectivity index (χ1n) is 3.88. The van der Waals surface area contributed by atoms with E-state index in [0.717, 1.165) is 0 Å². The van der Waals surface area contributed by atoms with Crippen LogP contribution in [0.1, 0.15) is 17.7 Å². The highest BCUT2D eigenvalue weighted by Crippen LogP contribution is 2.34. The van der Waals surface area contributed by atoms with Gasteiger partial charge in [-0.25, -0.2) is 13.8 Å². The van der Waals surface area contributed by atoms with Crippen LogP contribution in [0.4, 0.5) is 22.0 Å². The monoisotopic (exact) mass is 364 g/mol. The summed E-state index contributed by atoms with van der Waals surface area (Å²) < 4.78 is 63.9. The molecule has 0 unspecified atom stereocenters. The van der Waals surface area contributed by atoms with Crippen LogP contribution in [0, 0.1) is 14.9 Å². The van der Waals surface area contributed by atoms with Gasteiger partial charge in [0.05, 0.1) is 15.3 Å². The smallest absolute Gasteiger partial charge is 0.403 e. The van der Waals surface area contributed by atoms with Crippen molar-refractivity contribution in [3.8, 4) is 11.8 Å². The first kappa shape index (κ1) is 13.9. The average Bonchev–Trinajstić information content (AvgIpc) is 2.18. The number of ether oxygens (including phenoxy) is 1. The normalized spacial score (nSPS) is 11.4. The zero-order chi connectivity index (χ0) is 13.2. The second-order valence-corrected chi connectivity index (χ2v) is 3.74. The number of pyridine rings is 1. The summed E-state index contributed by atoms with van der Waals surface area (Å²) in [4.78, 5) is 3.19. The van der Waals surface area contributed by atoms with Crippen LogP contribution in [0.15, 0.2) is 6.20 Å². The molecule has 0 aromatic carbocycles. The molecule has 0 radical (unpaired) electrons. The van der Waals surface area contributed by atoms with Crippen molar-refractivity contribution in [1.29, 1.82) is 5.26 Å². The Balaban J connectivity index is 3.30. The number of aromatic nitrogens is 1. The van der Waals surface area contributed by atoms with E-state index in [-0.39, 0.29) is 0 Å². The average molecular weight is 364 g/mol. The van der Waals surface area contributed by atoms with Crippen molar-refractivity contribution in [2.24, 2.45) is 0 Å². The van der Waals surface area contributed by atoms with Gasteiger partial charge >= 0.3 is 6.36 Å². The second kappa shape index (κ2) is 4.99. The van der Waals surface area contributed by atoms with Gasteiger partial charge < -0.3 is 4.74 Å². The number of hydrogen-bond acceptors (Lipinski definition) is 3. The van der Waals surface area contributed by atoms with Gasteiger partial charge in [0, 0.05) is 0 Å². The summed E-state index contributed by atoms with van der Waals surface area (Å²) in [6.45, 7) is 0. The molecule has 0 amide bonds. The van der Waals surface area contributed by atoms with Crippen LogP contribution in [-0.4, -0.2) is 11.3 Å². The quantitative estimate of drug-likeness (QED) is 0.597. The van der Waals surface area contributed by atoms with Crippen LogP contribution in [-0.2, 0) is 0 Å². The Bertz CT molecular complexity index is 468. The molecule has 9 heteroatoms. The third-order valence-corrected chi connectivity index (χ3v) is 2.68. The summed E-state index contributed by atoms with van der Waals surface area (Å²) in [5.41, 5.74) is -1.49. The van der Waals surface area contributed by atoms with Gasteiger partial charge in [-0.3, -0.25) is 0 Å². The van der Waals surface area contributed by atoms with E-state index in [0.29, 0.717) is 6.20 Å². The van der Waals surface area contributed by atoms with Crippen LogP contribution in [0.5, 0.6) is 5.75 Å². The molecule has 1 aromatic heterocycles. The fourth-order valence-electron chi connectivity index (χ4n) is 0.970. The van der Waals surface area contributed by atoms with Crippen LogP contribution in [0.3, 0.4) is 0 Å². The predicted octanol–water partition coefficient (Wildman–Crippen LogP) is 3.39. The molecule has 17 heavy (non-hydrogen) atoms. The van der Waals surface area contributed by atoms with Gasteiger partial charge in [-0.1, -0.05) is 0 Å². The fourth-order valence-corrected chi connectivity index (χ4v) is 1.71. The minimum absolute atomic E-state index is 0.485. The third kappa shape index (κ3) is 3.39. The van der Waals surface area contributed by atoms with Crippen molar-refractivity contribution in [2.45, 2.75) is 12.8 Å². The molecule has 92 valence electrons. The minimum atomic E-state index is -5.00. The maximum atomic E-state index is 12.6. The van der Waals surface area contributed by atoms with E-state index in [1.54, 1.807) is 0 Å². The van der Waals surface area contributed by atoms with E-state index in [4.69, 9.17) is 5.26 Å². The molecule has 0 atom stereocenters. The lowest BCUT2D eigenvalue weighted by molar-refractivity contribution is -0.275. The molecular weight excluding hydrogens is 362 g/mol. The van der Waals surface area contributed by atoms with Gasteiger partial charge in [-0.2, -0.15) is 5.26 Å². The summed E-state index contributed by atoms with van der Waals surface area (Å²) in [6, 6.07) is 1.38. The molecule has 1 aromatic rings. The van der Waals surface area contributed by atoms with Gasteiger partial charge in [-0.05, 0) is 22.6 Å². The summed E-state index contributed by atoms with van der Waals surface area (Å²) in [5.74, 6) is -0.854. The molecule has 0 saturated heterocycles. The first-order valence-corrected chi connectivity index (χ1v) is 4.96. The van der Waals surface area contributed by atoms with Gasteiger partial charge in [0.1, 0.15) is 6.07 Å². The number of halogens is 6. The first-order chi connectivity index (χ1) is 7.76. The van der Waals surface area contributed by atoms with Gasteiger partial charge in [0.15, 0.2) is 11.4 Å². The Labute approximate surface area is 105 Å². The standard InChI is InChI=1S/C8H2F5IN2O/c9-7(10)5-3(1-15)16-2-4(6(5)14)17-8(11,12)13/h2,7H. The largest absolute Gasteiger partial charge is 0.573 e. The maximum absolute atomic E-state index is 12.6. The van der Waals surface area contributed by atoms with E-state index in [9.17, 15) is 22.0 Å². The number of alkyl halides is 5. The lowest BCUT2D eigenvalue weighted by atomic mass is 10.2. The van der Waals surface area contributed by atoms with E-state index < -0.39 is 33.4 Å². The Morgan fingerprint density at radius 1 is 1.41 bits per heavy atom. The molecule has 0 aliphatic rings. The molecular formula is C8H2F5IN2O. The van der Waals surface area contributed by atoms with E-state index >= 15 is 0 Å². The Morgan fingerprint density at radius 3 is 2.41 bits per heavy atom. The molecule has 0 aliphatic heterocycles. The molecule has 0 fully saturated rings. The molecule has 0 bridgehead atoms. The SMILES string of the molecule is N#Cc1ncc(OC(F)(F)F)c(I)c1C(F)F. The topological polar surface area (TPSA) is 45.9 Å². The van der Waals surface area contributed by atoms with E-state index in [1.807, 2.05) is 0 Å². The lowest BCUT2D eigenvalue weighted by Gasteiger charge is -2.13. The van der Waals surface area contributed by atoms with Crippen LogP contribution in [0.2, 0.25) is 0 Å². The van der Waals surface area contributed by atoms with Crippen molar-refractivity contribution in [3.05, 3.63) is 21.0 Å². The highest BCUT2D eigenvalue weighted by molar-refractivity contribution is 14.1. The van der Waals surface area contributed by atoms with Crippen molar-refractivity contribution in [3.63, 3.8) is 0 Å². The van der Waals surface area contributed by atoms with E-state index in [1.165, 1.54) is 28.7 Å². The Kier molecular flexibility index (Phi) is 4.07. The van der Waals surface area contributed by atoms with Crippen LogP contribution >= 0.6 is 22.6 Å². The van der Waals surface area contributed by atoms with E-state index in [2.05, 4.69) is 9.72 Å². The van der Waals surface area contributed by atoms with Crippen molar-refractivity contribution in [2.75, 3.05) is 0 Å². The second-order valence-electron chi connectivity index (χ2n) is 2.66. The maximum Gasteiger partial charge on any atom is 0.573 e. The molecule has 3 nitrogen and oxygen atoms in total. The lowest BCUT2D eigenvalue weighted by Crippen LogP contribution is -2.18. The number of nitriles is 1. The highest BCUT2D eigenvalue weighted by Gasteiger charge is 2.33. The molecule has 0 N–H and O–H groups in total. The summed E-state index contributed by atoms with van der Waals surface area (Å²) >= 11 is 1.25. The number of rotatable bonds is 2. The number of nitrogens with zero attached hydrogens (tertiary/aromatic N) is 2.